The Balaban J connectivity index is 1.72. The van der Waals surface area contributed by atoms with E-state index in [4.69, 9.17) is 0 Å². The summed E-state index contributed by atoms with van der Waals surface area (Å²) >= 11 is 1.76. The zero-order valence-corrected chi connectivity index (χ0v) is 17.3. The summed E-state index contributed by atoms with van der Waals surface area (Å²) in [6.07, 6.45) is 0. The molecule has 0 fully saturated rings. The van der Waals surface area contributed by atoms with Gasteiger partial charge in [0.1, 0.15) is 0 Å². The average molecular weight is 398 g/mol. The summed E-state index contributed by atoms with van der Waals surface area (Å²) in [6.45, 7) is 5.63. The van der Waals surface area contributed by atoms with Crippen LogP contribution in [0.3, 0.4) is 0 Å². The number of thioether (sulfide) groups is 1. The van der Waals surface area contributed by atoms with Crippen LogP contribution in [0.1, 0.15) is 22.3 Å². The molecule has 0 heterocycles. The van der Waals surface area contributed by atoms with E-state index < -0.39 is 10.0 Å². The number of sulfonamides is 1. The molecule has 27 heavy (non-hydrogen) atoms. The van der Waals surface area contributed by atoms with Gasteiger partial charge in [0.15, 0.2) is 0 Å². The van der Waals surface area contributed by atoms with Crippen LogP contribution in [-0.2, 0) is 15.8 Å². The first kappa shape index (κ1) is 19.5. The minimum Gasteiger partial charge on any atom is -0.280 e. The van der Waals surface area contributed by atoms with Gasteiger partial charge in [-0.1, -0.05) is 48.0 Å². The van der Waals surface area contributed by atoms with Gasteiger partial charge in [0.05, 0.1) is 4.90 Å². The summed E-state index contributed by atoms with van der Waals surface area (Å²) in [5, 5.41) is 0. The largest absolute Gasteiger partial charge is 0.280 e. The minimum absolute atomic E-state index is 0.358. The maximum absolute atomic E-state index is 12.8. The van der Waals surface area contributed by atoms with Crippen LogP contribution in [0.25, 0.3) is 0 Å². The van der Waals surface area contributed by atoms with Crippen molar-refractivity contribution in [2.45, 2.75) is 36.3 Å². The Bertz CT molecular complexity index is 1000. The van der Waals surface area contributed by atoms with E-state index in [0.29, 0.717) is 10.6 Å². The topological polar surface area (TPSA) is 46.2 Å². The maximum atomic E-state index is 12.8. The predicted molar refractivity (Wildman–Crippen MR) is 114 cm³/mol. The molecule has 0 aliphatic rings. The molecular formula is C22H23NO2S2. The highest BCUT2D eigenvalue weighted by atomic mass is 32.2. The first-order chi connectivity index (χ1) is 12.8. The van der Waals surface area contributed by atoms with Gasteiger partial charge in [-0.05, 0) is 61.7 Å². The number of nitrogens with one attached hydrogen (secondary N) is 1. The summed E-state index contributed by atoms with van der Waals surface area (Å²) in [6, 6.07) is 21.6. The Morgan fingerprint density at radius 3 is 2.04 bits per heavy atom. The molecule has 3 aromatic carbocycles. The van der Waals surface area contributed by atoms with Crippen molar-refractivity contribution in [1.82, 2.24) is 0 Å². The van der Waals surface area contributed by atoms with E-state index in [9.17, 15) is 8.42 Å². The van der Waals surface area contributed by atoms with Gasteiger partial charge in [-0.25, -0.2) is 8.42 Å². The van der Waals surface area contributed by atoms with Crippen molar-refractivity contribution in [2.75, 3.05) is 4.72 Å². The highest BCUT2D eigenvalue weighted by Gasteiger charge is 2.20. The standard InChI is InChI=1S/C22H23NO2S2/c1-16-13-17(2)22(18(3)14-16)27(24,25)23-20-11-9-19(10-12-20)15-26-21-7-5-4-6-8-21/h4-14,23H,15H2,1-3H3. The van der Waals surface area contributed by atoms with Crippen LogP contribution < -0.4 is 4.72 Å². The third-order valence-corrected chi connectivity index (χ3v) is 7.00. The predicted octanol–water partition coefficient (Wildman–Crippen LogP) is 5.70. The molecule has 0 radical (unpaired) electrons. The number of benzene rings is 3. The van der Waals surface area contributed by atoms with Crippen molar-refractivity contribution in [3.05, 3.63) is 89.0 Å². The van der Waals surface area contributed by atoms with Crippen molar-refractivity contribution in [2.24, 2.45) is 0 Å². The van der Waals surface area contributed by atoms with Gasteiger partial charge in [0, 0.05) is 16.3 Å². The van der Waals surface area contributed by atoms with E-state index in [2.05, 4.69) is 16.9 Å². The lowest BCUT2D eigenvalue weighted by Crippen LogP contribution is -2.16. The molecule has 140 valence electrons. The van der Waals surface area contributed by atoms with Crippen LogP contribution in [0.5, 0.6) is 0 Å². The molecule has 3 nitrogen and oxygen atoms in total. The number of hydrogen-bond acceptors (Lipinski definition) is 3. The molecule has 3 aromatic rings. The molecule has 0 aliphatic carbocycles. The second kappa shape index (κ2) is 8.19. The number of hydrogen-bond donors (Lipinski definition) is 1. The molecule has 0 spiro atoms. The van der Waals surface area contributed by atoms with E-state index in [-0.39, 0.29) is 0 Å². The third-order valence-electron chi connectivity index (χ3n) is 4.23. The first-order valence-electron chi connectivity index (χ1n) is 8.72. The molecule has 0 aromatic heterocycles. The fourth-order valence-corrected chi connectivity index (χ4v) is 5.54. The first-order valence-corrected chi connectivity index (χ1v) is 11.2. The zero-order valence-electron chi connectivity index (χ0n) is 15.7. The molecule has 0 amide bonds. The van der Waals surface area contributed by atoms with Crippen molar-refractivity contribution in [3.8, 4) is 0 Å². The van der Waals surface area contributed by atoms with Gasteiger partial charge >= 0.3 is 0 Å². The summed E-state index contributed by atoms with van der Waals surface area (Å²) in [5.74, 6) is 0.840. The van der Waals surface area contributed by atoms with Crippen LogP contribution in [-0.4, -0.2) is 8.42 Å². The van der Waals surface area contributed by atoms with Gasteiger partial charge in [0.25, 0.3) is 10.0 Å². The van der Waals surface area contributed by atoms with Crippen LogP contribution in [0.15, 0.2) is 76.5 Å². The summed E-state index contributed by atoms with van der Waals surface area (Å²) < 4.78 is 28.4. The van der Waals surface area contributed by atoms with Gasteiger partial charge < -0.3 is 0 Å². The Kier molecular flexibility index (Phi) is 5.92. The lowest BCUT2D eigenvalue weighted by atomic mass is 10.1. The van der Waals surface area contributed by atoms with Crippen molar-refractivity contribution < 1.29 is 8.42 Å². The molecule has 0 saturated heterocycles. The Morgan fingerprint density at radius 1 is 0.852 bits per heavy atom. The minimum atomic E-state index is -3.61. The van der Waals surface area contributed by atoms with Crippen molar-refractivity contribution in [1.29, 1.82) is 0 Å². The number of aryl methyl sites for hydroxylation is 3. The third kappa shape index (κ3) is 4.93. The van der Waals surface area contributed by atoms with Crippen molar-refractivity contribution >= 4 is 27.5 Å². The lowest BCUT2D eigenvalue weighted by Gasteiger charge is -2.14. The van der Waals surface area contributed by atoms with Gasteiger partial charge in [-0.15, -0.1) is 11.8 Å². The molecular weight excluding hydrogens is 374 g/mol. The average Bonchev–Trinajstić information content (AvgIpc) is 2.60. The molecule has 0 saturated carbocycles. The van der Waals surface area contributed by atoms with E-state index in [1.54, 1.807) is 11.8 Å². The van der Waals surface area contributed by atoms with Crippen LogP contribution in [0, 0.1) is 20.8 Å². The Morgan fingerprint density at radius 2 is 1.44 bits per heavy atom. The van der Waals surface area contributed by atoms with E-state index in [1.807, 2.05) is 75.4 Å². The van der Waals surface area contributed by atoms with Gasteiger partial charge in [-0.3, -0.25) is 4.72 Å². The smallest absolute Gasteiger partial charge is 0.262 e. The highest BCUT2D eigenvalue weighted by Crippen LogP contribution is 2.26. The van der Waals surface area contributed by atoms with E-state index in [0.717, 1.165) is 28.0 Å². The fraction of sp³-hybridized carbons (Fsp3) is 0.182. The molecule has 3 rings (SSSR count). The van der Waals surface area contributed by atoms with Gasteiger partial charge in [-0.2, -0.15) is 0 Å². The van der Waals surface area contributed by atoms with Crippen molar-refractivity contribution in [3.63, 3.8) is 0 Å². The quantitative estimate of drug-likeness (QED) is 0.542. The second-order valence-corrected chi connectivity index (χ2v) is 9.30. The molecule has 0 unspecified atom stereocenters. The summed E-state index contributed by atoms with van der Waals surface area (Å²) in [4.78, 5) is 1.57. The zero-order chi connectivity index (χ0) is 19.4. The Labute approximate surface area is 165 Å². The maximum Gasteiger partial charge on any atom is 0.262 e. The summed E-state index contributed by atoms with van der Waals surface area (Å²) in [7, 11) is -3.61. The van der Waals surface area contributed by atoms with E-state index in [1.165, 1.54) is 4.90 Å². The Hall–Kier alpha value is -2.24. The molecule has 0 bridgehead atoms. The summed E-state index contributed by atoms with van der Waals surface area (Å²) in [5.41, 5.74) is 4.30. The molecule has 0 aliphatic heterocycles. The van der Waals surface area contributed by atoms with Gasteiger partial charge in [0.2, 0.25) is 0 Å². The van der Waals surface area contributed by atoms with E-state index >= 15 is 0 Å². The number of anilines is 1. The lowest BCUT2D eigenvalue weighted by molar-refractivity contribution is 0.600. The molecule has 1 N–H and O–H groups in total. The fourth-order valence-electron chi connectivity index (χ4n) is 3.15. The van der Waals surface area contributed by atoms with Crippen LogP contribution in [0.4, 0.5) is 5.69 Å². The molecule has 0 atom stereocenters. The number of rotatable bonds is 6. The second-order valence-electron chi connectivity index (χ2n) is 6.63. The monoisotopic (exact) mass is 397 g/mol. The normalized spacial score (nSPS) is 11.4. The van der Waals surface area contributed by atoms with Crippen LogP contribution >= 0.6 is 11.8 Å². The highest BCUT2D eigenvalue weighted by molar-refractivity contribution is 7.98. The molecule has 5 heteroatoms. The van der Waals surface area contributed by atoms with Crippen LogP contribution in [0.2, 0.25) is 0 Å². The SMILES string of the molecule is Cc1cc(C)c(S(=O)(=O)Nc2ccc(CSc3ccccc3)cc2)c(C)c1.